The minimum Gasteiger partial charge on any atom is -0.396 e. The number of ether oxygens (including phenoxy) is 1. The average Bonchev–Trinajstić information content (AvgIpc) is 2.32. The van der Waals surface area contributed by atoms with Crippen molar-refractivity contribution in [3.05, 3.63) is 0 Å². The highest BCUT2D eigenvalue weighted by atomic mass is 16.6. The fraction of sp³-hybridized carbons (Fsp3) is 1.00. The van der Waals surface area contributed by atoms with Crippen LogP contribution in [0, 0.1) is 0 Å². The molecule has 0 radical (unpaired) electrons. The van der Waals surface area contributed by atoms with Crippen molar-refractivity contribution in [3.8, 4) is 0 Å². The normalized spacial score (nSPS) is 38.7. The van der Waals surface area contributed by atoms with Crippen LogP contribution in [0.3, 0.4) is 0 Å². The molecule has 1 fully saturated rings. The zero-order valence-electron chi connectivity index (χ0n) is 10.1. The fourth-order valence-corrected chi connectivity index (χ4v) is 2.00. The second kappa shape index (κ2) is 6.76. The van der Waals surface area contributed by atoms with E-state index in [4.69, 9.17) is 9.84 Å². The van der Waals surface area contributed by atoms with Crippen LogP contribution < -0.4 is 0 Å². The first-order valence-corrected chi connectivity index (χ1v) is 6.10. The van der Waals surface area contributed by atoms with Gasteiger partial charge in [-0.25, -0.2) is 0 Å². The minimum absolute atomic E-state index is 0.0288. The Hall–Kier alpha value is -0.280. The van der Waals surface area contributed by atoms with Crippen molar-refractivity contribution >= 4 is 0 Å². The van der Waals surface area contributed by atoms with Crippen LogP contribution in [-0.4, -0.2) is 74.1 Å². The zero-order valence-corrected chi connectivity index (χ0v) is 10.1. The lowest BCUT2D eigenvalue weighted by Crippen LogP contribution is -2.61. The first-order valence-electron chi connectivity index (χ1n) is 6.10. The lowest BCUT2D eigenvalue weighted by Gasteiger charge is -2.42. The van der Waals surface area contributed by atoms with Gasteiger partial charge in [0.1, 0.15) is 18.3 Å². The van der Waals surface area contributed by atoms with Gasteiger partial charge in [-0.05, 0) is 19.3 Å². The molecule has 1 unspecified atom stereocenters. The third kappa shape index (κ3) is 3.86. The van der Waals surface area contributed by atoms with Crippen molar-refractivity contribution in [2.45, 2.75) is 55.9 Å². The Kier molecular flexibility index (Phi) is 5.93. The van der Waals surface area contributed by atoms with Crippen molar-refractivity contribution in [1.82, 2.24) is 0 Å². The monoisotopic (exact) mass is 266 g/mol. The average molecular weight is 266 g/mol. The van der Waals surface area contributed by atoms with Crippen molar-refractivity contribution in [2.75, 3.05) is 13.2 Å². The predicted octanol–water partition coefficient (Wildman–Crippen LogP) is -2.30. The number of hydrogen-bond acceptors (Lipinski definition) is 7. The highest BCUT2D eigenvalue weighted by molar-refractivity contribution is 4.92. The summed E-state index contributed by atoms with van der Waals surface area (Å²) in [6, 6.07) is 0. The lowest BCUT2D eigenvalue weighted by molar-refractivity contribution is -0.329. The second-order valence-corrected chi connectivity index (χ2v) is 4.74. The molecule has 0 aliphatic carbocycles. The zero-order chi connectivity index (χ0) is 13.8. The molecule has 1 aliphatic rings. The maximum absolute atomic E-state index is 10.0. The van der Waals surface area contributed by atoms with Crippen LogP contribution in [0.4, 0.5) is 0 Å². The molecule has 18 heavy (non-hydrogen) atoms. The molecule has 0 amide bonds. The van der Waals surface area contributed by atoms with Gasteiger partial charge in [-0.2, -0.15) is 0 Å². The Morgan fingerprint density at radius 3 is 2.50 bits per heavy atom. The van der Waals surface area contributed by atoms with Crippen LogP contribution in [0.25, 0.3) is 0 Å². The summed E-state index contributed by atoms with van der Waals surface area (Å²) in [7, 11) is 0. The quantitative estimate of drug-likeness (QED) is 0.298. The third-order valence-corrected chi connectivity index (χ3v) is 3.16. The highest BCUT2D eigenvalue weighted by Gasteiger charge is 2.49. The molecule has 1 aliphatic heterocycles. The van der Waals surface area contributed by atoms with E-state index in [0.717, 1.165) is 0 Å². The smallest absolute Gasteiger partial charge is 0.197 e. The molecule has 0 bridgehead atoms. The topological polar surface area (TPSA) is 131 Å². The third-order valence-electron chi connectivity index (χ3n) is 3.16. The summed E-state index contributed by atoms with van der Waals surface area (Å²) < 4.78 is 4.92. The number of hydrogen-bond donors (Lipinski definition) is 6. The molecule has 1 rings (SSSR count). The Morgan fingerprint density at radius 1 is 1.22 bits per heavy atom. The van der Waals surface area contributed by atoms with Gasteiger partial charge < -0.3 is 35.4 Å². The van der Waals surface area contributed by atoms with Crippen LogP contribution >= 0.6 is 0 Å². The maximum atomic E-state index is 10.0. The van der Waals surface area contributed by atoms with Crippen molar-refractivity contribution in [1.29, 1.82) is 0 Å². The van der Waals surface area contributed by atoms with E-state index in [1.165, 1.54) is 0 Å². The molecule has 0 aromatic rings. The van der Waals surface area contributed by atoms with Gasteiger partial charge in [0.25, 0.3) is 0 Å². The minimum atomic E-state index is -2.06. The first kappa shape index (κ1) is 15.8. The SMILES string of the molecule is OCCCCC(O)C[C@]1(O)OC[C@@H](O)[C@H](O)[C@H]1O. The van der Waals surface area contributed by atoms with Gasteiger partial charge in [0.05, 0.1) is 12.7 Å². The summed E-state index contributed by atoms with van der Waals surface area (Å²) >= 11 is 0. The summed E-state index contributed by atoms with van der Waals surface area (Å²) in [5.74, 6) is -2.06. The number of aliphatic hydroxyl groups is 6. The molecule has 0 spiro atoms. The van der Waals surface area contributed by atoms with Gasteiger partial charge in [0.2, 0.25) is 0 Å². The van der Waals surface area contributed by atoms with E-state index >= 15 is 0 Å². The van der Waals surface area contributed by atoms with Crippen molar-refractivity contribution < 1.29 is 35.4 Å². The molecular weight excluding hydrogens is 244 g/mol. The van der Waals surface area contributed by atoms with Crippen molar-refractivity contribution in [2.24, 2.45) is 0 Å². The maximum Gasteiger partial charge on any atom is 0.197 e. The van der Waals surface area contributed by atoms with E-state index in [0.29, 0.717) is 19.3 Å². The molecule has 6 N–H and O–H groups in total. The number of unbranched alkanes of at least 4 members (excludes halogenated alkanes) is 1. The molecule has 0 aromatic heterocycles. The van der Waals surface area contributed by atoms with Gasteiger partial charge in [-0.3, -0.25) is 0 Å². The van der Waals surface area contributed by atoms with Gasteiger partial charge in [0, 0.05) is 13.0 Å². The van der Waals surface area contributed by atoms with Crippen LogP contribution in [0.15, 0.2) is 0 Å². The largest absolute Gasteiger partial charge is 0.396 e. The summed E-state index contributed by atoms with van der Waals surface area (Å²) in [5.41, 5.74) is 0. The van der Waals surface area contributed by atoms with Crippen molar-refractivity contribution in [3.63, 3.8) is 0 Å². The molecule has 0 aromatic carbocycles. The summed E-state index contributed by atoms with van der Waals surface area (Å²) in [6.07, 6.45) is -4.15. The molecule has 1 saturated heterocycles. The Labute approximate surface area is 105 Å². The molecule has 5 atom stereocenters. The van der Waals surface area contributed by atoms with Crippen LogP contribution in [0.1, 0.15) is 25.7 Å². The predicted molar refractivity (Wildman–Crippen MR) is 60.5 cm³/mol. The molecule has 7 nitrogen and oxygen atoms in total. The second-order valence-electron chi connectivity index (χ2n) is 4.74. The van der Waals surface area contributed by atoms with Crippen LogP contribution in [-0.2, 0) is 4.74 Å². The highest BCUT2D eigenvalue weighted by Crippen LogP contribution is 2.29. The standard InChI is InChI=1S/C11H22O7/c12-4-2-1-3-7(13)5-11(17)10(16)9(15)8(14)6-18-11/h7-10,12-17H,1-6H2/t7?,8-,9+,10-,11+/m1/s1. The lowest BCUT2D eigenvalue weighted by atomic mass is 9.91. The van der Waals surface area contributed by atoms with Gasteiger partial charge >= 0.3 is 0 Å². The van der Waals surface area contributed by atoms with Gasteiger partial charge in [-0.1, -0.05) is 0 Å². The van der Waals surface area contributed by atoms with E-state index in [9.17, 15) is 25.5 Å². The first-order chi connectivity index (χ1) is 8.40. The van der Waals surface area contributed by atoms with Gasteiger partial charge in [-0.15, -0.1) is 0 Å². The summed E-state index contributed by atoms with van der Waals surface area (Å²) in [4.78, 5) is 0. The Balaban J connectivity index is 2.48. The van der Waals surface area contributed by atoms with E-state index in [-0.39, 0.29) is 19.6 Å². The van der Waals surface area contributed by atoms with E-state index in [1.54, 1.807) is 0 Å². The van der Waals surface area contributed by atoms with E-state index in [2.05, 4.69) is 0 Å². The summed E-state index contributed by atoms with van der Waals surface area (Å²) in [5, 5.41) is 56.6. The molecule has 7 heteroatoms. The fourth-order valence-electron chi connectivity index (χ4n) is 2.00. The molecule has 108 valence electrons. The van der Waals surface area contributed by atoms with Crippen LogP contribution in [0.5, 0.6) is 0 Å². The Morgan fingerprint density at radius 2 is 1.89 bits per heavy atom. The molecular formula is C11H22O7. The van der Waals surface area contributed by atoms with Gasteiger partial charge in [0.15, 0.2) is 5.79 Å². The van der Waals surface area contributed by atoms with Crippen LogP contribution in [0.2, 0.25) is 0 Å². The molecule has 0 saturated carbocycles. The van der Waals surface area contributed by atoms with E-state index < -0.39 is 30.2 Å². The summed E-state index contributed by atoms with van der Waals surface area (Å²) in [6.45, 7) is -0.279. The molecule has 1 heterocycles. The number of rotatable bonds is 6. The van der Waals surface area contributed by atoms with E-state index in [1.807, 2.05) is 0 Å². The number of aliphatic hydroxyl groups excluding tert-OH is 5. The Bertz CT molecular complexity index is 250.